The van der Waals surface area contributed by atoms with Gasteiger partial charge in [0.1, 0.15) is 6.17 Å². The molecule has 1 N–H and O–H groups in total. The van der Waals surface area contributed by atoms with Gasteiger partial charge in [0, 0.05) is 6.54 Å². The van der Waals surface area contributed by atoms with E-state index in [1.54, 1.807) is 11.3 Å². The molecule has 2 rings (SSSR count). The van der Waals surface area contributed by atoms with Crippen LogP contribution in [0.3, 0.4) is 0 Å². The van der Waals surface area contributed by atoms with Crippen LogP contribution in [0.2, 0.25) is 0 Å². The SMILES string of the molecule is CC(C)CCCN1C(=O)C(CC(C)C)NC1c1ccsc1. The van der Waals surface area contributed by atoms with Crippen LogP contribution in [0.15, 0.2) is 16.8 Å². The topological polar surface area (TPSA) is 32.3 Å². The Hall–Kier alpha value is -0.870. The highest BCUT2D eigenvalue weighted by molar-refractivity contribution is 7.07. The molecule has 21 heavy (non-hydrogen) atoms. The van der Waals surface area contributed by atoms with Crippen LogP contribution in [0.1, 0.15) is 58.7 Å². The van der Waals surface area contributed by atoms with E-state index in [0.717, 1.165) is 19.4 Å². The van der Waals surface area contributed by atoms with Crippen molar-refractivity contribution in [3.8, 4) is 0 Å². The van der Waals surface area contributed by atoms with Crippen LogP contribution in [0, 0.1) is 11.8 Å². The molecule has 0 bridgehead atoms. The van der Waals surface area contributed by atoms with E-state index in [0.29, 0.717) is 11.8 Å². The van der Waals surface area contributed by atoms with Gasteiger partial charge in [-0.2, -0.15) is 11.3 Å². The summed E-state index contributed by atoms with van der Waals surface area (Å²) in [6, 6.07) is 2.11. The van der Waals surface area contributed by atoms with Crippen LogP contribution < -0.4 is 5.32 Å². The third kappa shape index (κ3) is 4.30. The molecule has 2 atom stereocenters. The van der Waals surface area contributed by atoms with E-state index >= 15 is 0 Å². The highest BCUT2D eigenvalue weighted by atomic mass is 32.1. The number of hydrogen-bond acceptors (Lipinski definition) is 3. The van der Waals surface area contributed by atoms with E-state index in [9.17, 15) is 4.79 Å². The first kappa shape index (κ1) is 16.5. The van der Waals surface area contributed by atoms with Gasteiger partial charge >= 0.3 is 0 Å². The Bertz CT molecular complexity index is 442. The largest absolute Gasteiger partial charge is 0.322 e. The summed E-state index contributed by atoms with van der Waals surface area (Å²) >= 11 is 1.70. The minimum atomic E-state index is -0.0195. The first-order valence-corrected chi connectivity index (χ1v) is 9.02. The van der Waals surface area contributed by atoms with Gasteiger partial charge in [0.15, 0.2) is 0 Å². The molecule has 1 saturated heterocycles. The third-order valence-corrected chi connectivity index (χ3v) is 4.70. The van der Waals surface area contributed by atoms with Crippen LogP contribution >= 0.6 is 11.3 Å². The number of thiophene rings is 1. The lowest BCUT2D eigenvalue weighted by molar-refractivity contribution is -0.130. The minimum Gasteiger partial charge on any atom is -0.322 e. The minimum absolute atomic E-state index is 0.0195. The van der Waals surface area contributed by atoms with Gasteiger partial charge in [0.2, 0.25) is 5.91 Å². The van der Waals surface area contributed by atoms with Gasteiger partial charge in [-0.25, -0.2) is 0 Å². The maximum Gasteiger partial charge on any atom is 0.241 e. The Morgan fingerprint density at radius 3 is 2.62 bits per heavy atom. The molecule has 4 heteroatoms. The predicted octanol–water partition coefficient (Wildman–Crippen LogP) is 4.03. The summed E-state index contributed by atoms with van der Waals surface area (Å²) in [5.74, 6) is 1.51. The van der Waals surface area contributed by atoms with E-state index in [1.807, 2.05) is 0 Å². The number of amides is 1. The number of rotatable bonds is 7. The van der Waals surface area contributed by atoms with Crippen molar-refractivity contribution in [1.82, 2.24) is 10.2 Å². The Morgan fingerprint density at radius 1 is 1.29 bits per heavy atom. The monoisotopic (exact) mass is 308 g/mol. The summed E-state index contributed by atoms with van der Waals surface area (Å²) in [7, 11) is 0. The average Bonchev–Trinajstić information content (AvgIpc) is 3.00. The van der Waals surface area contributed by atoms with Crippen molar-refractivity contribution in [3.63, 3.8) is 0 Å². The smallest absolute Gasteiger partial charge is 0.241 e. The number of hydrogen-bond donors (Lipinski definition) is 1. The molecule has 2 unspecified atom stereocenters. The summed E-state index contributed by atoms with van der Waals surface area (Å²) < 4.78 is 0. The Kier molecular flexibility index (Phi) is 5.82. The fourth-order valence-corrected chi connectivity index (χ4v) is 3.61. The molecule has 1 aromatic rings. The number of carbonyl (C=O) groups is 1. The Labute approximate surface area is 132 Å². The first-order valence-electron chi connectivity index (χ1n) is 8.07. The lowest BCUT2D eigenvalue weighted by Crippen LogP contribution is -2.32. The zero-order chi connectivity index (χ0) is 15.4. The maximum atomic E-state index is 12.7. The zero-order valence-electron chi connectivity index (χ0n) is 13.6. The Morgan fingerprint density at radius 2 is 2.05 bits per heavy atom. The van der Waals surface area contributed by atoms with Gasteiger partial charge in [0.25, 0.3) is 0 Å². The standard InChI is InChI=1S/C17H28N2OS/c1-12(2)6-5-8-19-16(14-7-9-21-11-14)18-15(17(19)20)10-13(3)4/h7,9,11-13,15-16,18H,5-6,8,10H2,1-4H3. The summed E-state index contributed by atoms with van der Waals surface area (Å²) in [4.78, 5) is 14.7. The fraction of sp³-hybridized carbons (Fsp3) is 0.706. The van der Waals surface area contributed by atoms with E-state index in [4.69, 9.17) is 0 Å². The quantitative estimate of drug-likeness (QED) is 0.825. The van der Waals surface area contributed by atoms with Crippen molar-refractivity contribution in [2.45, 2.75) is 59.2 Å². The van der Waals surface area contributed by atoms with Crippen LogP contribution in [-0.2, 0) is 4.79 Å². The van der Waals surface area contributed by atoms with Crippen LogP contribution in [-0.4, -0.2) is 23.4 Å². The molecule has 1 amide bonds. The van der Waals surface area contributed by atoms with Gasteiger partial charge in [-0.1, -0.05) is 27.7 Å². The van der Waals surface area contributed by atoms with Gasteiger partial charge in [-0.3, -0.25) is 10.1 Å². The van der Waals surface area contributed by atoms with Crippen molar-refractivity contribution < 1.29 is 4.79 Å². The van der Waals surface area contributed by atoms with Crippen LogP contribution in [0.5, 0.6) is 0 Å². The van der Waals surface area contributed by atoms with Crippen molar-refractivity contribution in [1.29, 1.82) is 0 Å². The zero-order valence-corrected chi connectivity index (χ0v) is 14.5. The number of nitrogens with zero attached hydrogens (tertiary/aromatic N) is 1. The lowest BCUT2D eigenvalue weighted by atomic mass is 10.0. The molecule has 0 aliphatic carbocycles. The molecule has 0 saturated carbocycles. The molecular formula is C17H28N2OS. The Balaban J connectivity index is 2.06. The molecule has 118 valence electrons. The molecular weight excluding hydrogens is 280 g/mol. The maximum absolute atomic E-state index is 12.7. The third-order valence-electron chi connectivity index (χ3n) is 4.00. The van der Waals surface area contributed by atoms with Crippen molar-refractivity contribution >= 4 is 17.2 Å². The second-order valence-corrected chi connectivity index (χ2v) is 7.66. The molecule has 1 aromatic heterocycles. The van der Waals surface area contributed by atoms with Gasteiger partial charge in [0.05, 0.1) is 6.04 Å². The molecule has 3 nitrogen and oxygen atoms in total. The summed E-state index contributed by atoms with van der Waals surface area (Å²) in [6.07, 6.45) is 3.24. The average molecular weight is 308 g/mol. The fourth-order valence-electron chi connectivity index (χ4n) is 2.94. The van der Waals surface area contributed by atoms with E-state index in [1.165, 1.54) is 12.0 Å². The number of nitrogens with one attached hydrogen (secondary N) is 1. The molecule has 1 aliphatic heterocycles. The van der Waals surface area contributed by atoms with Gasteiger partial charge in [-0.15, -0.1) is 0 Å². The molecule has 1 aliphatic rings. The normalized spacial score (nSPS) is 22.8. The van der Waals surface area contributed by atoms with Crippen molar-refractivity contribution in [2.75, 3.05) is 6.54 Å². The first-order chi connectivity index (χ1) is 9.99. The van der Waals surface area contributed by atoms with Crippen LogP contribution in [0.25, 0.3) is 0 Å². The van der Waals surface area contributed by atoms with Gasteiger partial charge < -0.3 is 4.90 Å². The van der Waals surface area contributed by atoms with Crippen molar-refractivity contribution in [2.24, 2.45) is 11.8 Å². The van der Waals surface area contributed by atoms with E-state index in [-0.39, 0.29) is 18.1 Å². The molecule has 0 aromatic carbocycles. The van der Waals surface area contributed by atoms with E-state index in [2.05, 4.69) is 54.7 Å². The highest BCUT2D eigenvalue weighted by Gasteiger charge is 2.39. The van der Waals surface area contributed by atoms with Crippen molar-refractivity contribution in [3.05, 3.63) is 22.4 Å². The van der Waals surface area contributed by atoms with Gasteiger partial charge in [-0.05, 0) is 53.5 Å². The molecule has 2 heterocycles. The molecule has 0 spiro atoms. The second-order valence-electron chi connectivity index (χ2n) is 6.88. The highest BCUT2D eigenvalue weighted by Crippen LogP contribution is 2.29. The number of carbonyl (C=O) groups excluding carboxylic acids is 1. The molecule has 1 fully saturated rings. The summed E-state index contributed by atoms with van der Waals surface area (Å²) in [5, 5.41) is 7.78. The summed E-state index contributed by atoms with van der Waals surface area (Å²) in [5.41, 5.74) is 1.23. The lowest BCUT2D eigenvalue weighted by Gasteiger charge is -2.24. The van der Waals surface area contributed by atoms with Crippen LogP contribution in [0.4, 0.5) is 0 Å². The van der Waals surface area contributed by atoms with E-state index < -0.39 is 0 Å². The second kappa shape index (κ2) is 7.41. The predicted molar refractivity (Wildman–Crippen MR) is 89.2 cm³/mol. The summed E-state index contributed by atoms with van der Waals surface area (Å²) in [6.45, 7) is 9.69. The molecule has 0 radical (unpaired) electrons.